The van der Waals surface area contributed by atoms with Crippen molar-refractivity contribution in [3.8, 4) is 0 Å². The molecule has 0 saturated heterocycles. The highest BCUT2D eigenvalue weighted by Crippen LogP contribution is 2.25. The zero-order valence-electron chi connectivity index (χ0n) is 10.4. The Kier molecular flexibility index (Phi) is 5.71. The number of nitro groups is 1. The molecule has 0 spiro atoms. The van der Waals surface area contributed by atoms with Gasteiger partial charge in [-0.1, -0.05) is 19.9 Å². The SMILES string of the molecule is CC(C)C(CO)NCc1ccc(Br)c([N+](=O)[O-])c1. The first-order valence-corrected chi connectivity index (χ1v) is 6.52. The van der Waals surface area contributed by atoms with Gasteiger partial charge >= 0.3 is 0 Å². The van der Waals surface area contributed by atoms with Crippen LogP contribution in [-0.2, 0) is 6.54 Å². The average Bonchev–Trinajstić information content (AvgIpc) is 2.31. The van der Waals surface area contributed by atoms with Gasteiger partial charge in [0.15, 0.2) is 0 Å². The number of hydrogen-bond acceptors (Lipinski definition) is 4. The van der Waals surface area contributed by atoms with Gasteiger partial charge in [0, 0.05) is 18.7 Å². The Labute approximate surface area is 114 Å². The Morgan fingerprint density at radius 3 is 2.67 bits per heavy atom. The van der Waals surface area contributed by atoms with E-state index in [1.165, 1.54) is 6.07 Å². The number of rotatable bonds is 6. The smallest absolute Gasteiger partial charge is 0.283 e. The van der Waals surface area contributed by atoms with Crippen LogP contribution < -0.4 is 5.32 Å². The van der Waals surface area contributed by atoms with Crippen LogP contribution in [0.3, 0.4) is 0 Å². The fourth-order valence-electron chi connectivity index (χ4n) is 1.57. The van der Waals surface area contributed by atoms with Crippen LogP contribution in [0.1, 0.15) is 19.4 Å². The normalized spacial score (nSPS) is 12.7. The summed E-state index contributed by atoms with van der Waals surface area (Å²) in [4.78, 5) is 10.4. The second-order valence-electron chi connectivity index (χ2n) is 4.46. The first-order valence-electron chi connectivity index (χ1n) is 5.72. The highest BCUT2D eigenvalue weighted by Gasteiger charge is 2.14. The summed E-state index contributed by atoms with van der Waals surface area (Å²) >= 11 is 3.15. The summed E-state index contributed by atoms with van der Waals surface area (Å²) in [5.41, 5.74) is 0.878. The molecule has 5 nitrogen and oxygen atoms in total. The number of nitrogens with zero attached hydrogens (tertiary/aromatic N) is 1. The molecule has 0 radical (unpaired) electrons. The lowest BCUT2D eigenvalue weighted by atomic mass is 10.1. The minimum absolute atomic E-state index is 0.00676. The van der Waals surface area contributed by atoms with E-state index in [2.05, 4.69) is 21.2 Å². The van der Waals surface area contributed by atoms with Gasteiger partial charge in [-0.05, 0) is 33.5 Å². The Balaban J connectivity index is 2.74. The molecule has 0 aromatic heterocycles. The lowest BCUT2D eigenvalue weighted by molar-refractivity contribution is -0.385. The van der Waals surface area contributed by atoms with Crippen molar-refractivity contribution in [1.29, 1.82) is 0 Å². The minimum Gasteiger partial charge on any atom is -0.395 e. The van der Waals surface area contributed by atoms with Crippen molar-refractivity contribution in [2.75, 3.05) is 6.61 Å². The van der Waals surface area contributed by atoms with Gasteiger partial charge < -0.3 is 10.4 Å². The van der Waals surface area contributed by atoms with Crippen molar-refractivity contribution >= 4 is 21.6 Å². The highest BCUT2D eigenvalue weighted by molar-refractivity contribution is 9.10. The lowest BCUT2D eigenvalue weighted by Gasteiger charge is -2.19. The van der Waals surface area contributed by atoms with Gasteiger partial charge in [-0.3, -0.25) is 10.1 Å². The number of nitro benzene ring substituents is 1. The van der Waals surface area contributed by atoms with Crippen LogP contribution in [0.25, 0.3) is 0 Å². The Bertz CT molecular complexity index is 424. The number of nitrogens with one attached hydrogen (secondary N) is 1. The van der Waals surface area contributed by atoms with Crippen molar-refractivity contribution < 1.29 is 10.0 Å². The monoisotopic (exact) mass is 316 g/mol. The Hall–Kier alpha value is -0.980. The van der Waals surface area contributed by atoms with E-state index in [4.69, 9.17) is 0 Å². The van der Waals surface area contributed by atoms with Gasteiger partial charge in [0.1, 0.15) is 0 Å². The lowest BCUT2D eigenvalue weighted by Crippen LogP contribution is -2.36. The van der Waals surface area contributed by atoms with E-state index in [0.29, 0.717) is 16.9 Å². The van der Waals surface area contributed by atoms with Crippen LogP contribution >= 0.6 is 15.9 Å². The highest BCUT2D eigenvalue weighted by atomic mass is 79.9. The largest absolute Gasteiger partial charge is 0.395 e. The summed E-state index contributed by atoms with van der Waals surface area (Å²) in [6, 6.07) is 5.01. The average molecular weight is 317 g/mol. The fraction of sp³-hybridized carbons (Fsp3) is 0.500. The van der Waals surface area contributed by atoms with Crippen molar-refractivity contribution in [2.45, 2.75) is 26.4 Å². The molecule has 100 valence electrons. The molecular weight excluding hydrogens is 300 g/mol. The van der Waals surface area contributed by atoms with Crippen LogP contribution in [0.4, 0.5) is 5.69 Å². The fourth-order valence-corrected chi connectivity index (χ4v) is 1.96. The zero-order valence-corrected chi connectivity index (χ0v) is 12.0. The van der Waals surface area contributed by atoms with Crippen LogP contribution in [0.2, 0.25) is 0 Å². The quantitative estimate of drug-likeness (QED) is 0.624. The number of halogens is 1. The molecule has 0 amide bonds. The van der Waals surface area contributed by atoms with Crippen LogP contribution in [-0.4, -0.2) is 22.7 Å². The first-order chi connectivity index (χ1) is 8.45. The van der Waals surface area contributed by atoms with Crippen molar-refractivity contribution in [2.24, 2.45) is 5.92 Å². The molecule has 0 aliphatic rings. The van der Waals surface area contributed by atoms with Crippen molar-refractivity contribution in [3.05, 3.63) is 38.3 Å². The molecule has 0 bridgehead atoms. The third-order valence-electron chi connectivity index (χ3n) is 2.78. The summed E-state index contributed by atoms with van der Waals surface area (Å²) < 4.78 is 0.471. The van der Waals surface area contributed by atoms with Gasteiger partial charge in [-0.25, -0.2) is 0 Å². The van der Waals surface area contributed by atoms with E-state index >= 15 is 0 Å². The van der Waals surface area contributed by atoms with Crippen LogP contribution in [0.15, 0.2) is 22.7 Å². The molecule has 1 aromatic rings. The Morgan fingerprint density at radius 1 is 1.50 bits per heavy atom. The van der Waals surface area contributed by atoms with Crippen LogP contribution in [0.5, 0.6) is 0 Å². The van der Waals surface area contributed by atoms with Gasteiger partial charge in [0.25, 0.3) is 5.69 Å². The number of hydrogen-bond donors (Lipinski definition) is 2. The summed E-state index contributed by atoms with van der Waals surface area (Å²) in [6.07, 6.45) is 0. The van der Waals surface area contributed by atoms with Crippen molar-refractivity contribution in [1.82, 2.24) is 5.32 Å². The molecule has 0 aliphatic heterocycles. The predicted molar refractivity (Wildman–Crippen MR) is 73.3 cm³/mol. The molecule has 1 rings (SSSR count). The molecule has 0 saturated carbocycles. The molecule has 0 fully saturated rings. The zero-order chi connectivity index (χ0) is 13.7. The third kappa shape index (κ3) is 4.04. The van der Waals surface area contributed by atoms with Gasteiger partial charge in [0.05, 0.1) is 16.0 Å². The Morgan fingerprint density at radius 2 is 2.17 bits per heavy atom. The van der Waals surface area contributed by atoms with E-state index in [1.807, 2.05) is 19.9 Å². The number of benzene rings is 1. The molecule has 6 heteroatoms. The van der Waals surface area contributed by atoms with E-state index in [1.54, 1.807) is 6.07 Å². The summed E-state index contributed by atoms with van der Waals surface area (Å²) in [5, 5.41) is 23.2. The van der Waals surface area contributed by atoms with Gasteiger partial charge in [0.2, 0.25) is 0 Å². The van der Waals surface area contributed by atoms with E-state index in [-0.39, 0.29) is 18.3 Å². The molecule has 0 aliphatic carbocycles. The standard InChI is InChI=1S/C12H17BrN2O3/c1-8(2)11(7-16)14-6-9-3-4-10(13)12(5-9)15(17)18/h3-5,8,11,14,16H,6-7H2,1-2H3. The number of aliphatic hydroxyl groups is 1. The third-order valence-corrected chi connectivity index (χ3v) is 3.45. The summed E-state index contributed by atoms with van der Waals surface area (Å²) in [7, 11) is 0. The van der Waals surface area contributed by atoms with E-state index in [9.17, 15) is 15.2 Å². The van der Waals surface area contributed by atoms with Gasteiger partial charge in [-0.15, -0.1) is 0 Å². The second kappa shape index (κ2) is 6.82. The predicted octanol–water partition coefficient (Wildman–Crippen LogP) is 2.46. The topological polar surface area (TPSA) is 75.4 Å². The molecule has 1 aromatic carbocycles. The molecule has 2 N–H and O–H groups in total. The molecular formula is C12H17BrN2O3. The van der Waals surface area contributed by atoms with Crippen molar-refractivity contribution in [3.63, 3.8) is 0 Å². The maximum Gasteiger partial charge on any atom is 0.283 e. The van der Waals surface area contributed by atoms with Crippen LogP contribution in [0, 0.1) is 16.0 Å². The van der Waals surface area contributed by atoms with Gasteiger partial charge in [-0.2, -0.15) is 0 Å². The maximum absolute atomic E-state index is 10.8. The first kappa shape index (κ1) is 15.1. The summed E-state index contributed by atoms with van der Waals surface area (Å²) in [5.74, 6) is 0.306. The number of aliphatic hydroxyl groups excluding tert-OH is 1. The molecule has 18 heavy (non-hydrogen) atoms. The maximum atomic E-state index is 10.8. The molecule has 0 heterocycles. The second-order valence-corrected chi connectivity index (χ2v) is 5.31. The molecule has 1 unspecified atom stereocenters. The molecule has 1 atom stereocenters. The summed E-state index contributed by atoms with van der Waals surface area (Å²) in [6.45, 7) is 4.57. The van der Waals surface area contributed by atoms with E-state index < -0.39 is 4.92 Å². The van der Waals surface area contributed by atoms with E-state index in [0.717, 1.165) is 5.56 Å². The minimum atomic E-state index is -0.417.